The molecule has 164 valence electrons. The molecule has 0 atom stereocenters. The number of anilines is 1. The summed E-state index contributed by atoms with van der Waals surface area (Å²) in [4.78, 5) is 6.97. The van der Waals surface area contributed by atoms with Crippen molar-refractivity contribution in [1.29, 1.82) is 5.26 Å². The first-order valence-electron chi connectivity index (χ1n) is 9.90. The van der Waals surface area contributed by atoms with Gasteiger partial charge in [-0.3, -0.25) is 5.10 Å². The van der Waals surface area contributed by atoms with Crippen molar-refractivity contribution >= 4 is 35.1 Å². The number of hydrogen-bond donors (Lipinski definition) is 2. The summed E-state index contributed by atoms with van der Waals surface area (Å²) in [5.74, 6) is 0.973. The van der Waals surface area contributed by atoms with E-state index in [0.29, 0.717) is 5.56 Å². The van der Waals surface area contributed by atoms with Gasteiger partial charge in [-0.1, -0.05) is 0 Å². The molecule has 11 heteroatoms. The van der Waals surface area contributed by atoms with E-state index in [2.05, 4.69) is 71.3 Å². The van der Waals surface area contributed by atoms with Crippen LogP contribution in [0, 0.1) is 18.3 Å². The summed E-state index contributed by atoms with van der Waals surface area (Å²) in [7, 11) is 0. The standard InChI is InChI=1S/C21H20N8.Cl2O/c1-14-8-19(27-26-14)16-9-18(21-17(10-22)12-25-29(21)13-16)15-2-3-20(24-11-15)28-6-4-23-5-7-28;1-3-2/h2-3,8-9,11-13,23H,4-7H2,1H3,(H,26,27);. The van der Waals surface area contributed by atoms with E-state index in [0.717, 1.165) is 65.6 Å². The molecule has 1 saturated heterocycles. The average Bonchev–Trinajstić information content (AvgIpc) is 3.45. The highest BCUT2D eigenvalue weighted by Gasteiger charge is 2.16. The number of hydrogen-bond acceptors (Lipinski definition) is 7. The number of H-pyrrole nitrogens is 1. The predicted octanol–water partition coefficient (Wildman–Crippen LogP) is 3.69. The Morgan fingerprint density at radius 1 is 1.12 bits per heavy atom. The van der Waals surface area contributed by atoms with Gasteiger partial charge in [0.1, 0.15) is 11.9 Å². The van der Waals surface area contributed by atoms with Crippen LogP contribution >= 0.6 is 23.7 Å². The summed E-state index contributed by atoms with van der Waals surface area (Å²) in [6.45, 7) is 5.78. The Kier molecular flexibility index (Phi) is 6.87. The molecule has 0 amide bonds. The molecule has 0 aromatic carbocycles. The molecule has 2 N–H and O–H groups in total. The molecule has 1 aliphatic heterocycles. The molecule has 4 aromatic rings. The van der Waals surface area contributed by atoms with E-state index in [-0.39, 0.29) is 0 Å². The highest BCUT2D eigenvalue weighted by Crippen LogP contribution is 2.32. The van der Waals surface area contributed by atoms with E-state index < -0.39 is 0 Å². The smallest absolute Gasteiger partial charge is 0.128 e. The quantitative estimate of drug-likeness (QED) is 0.469. The molecule has 9 nitrogen and oxygen atoms in total. The predicted molar refractivity (Wildman–Crippen MR) is 123 cm³/mol. The van der Waals surface area contributed by atoms with Crippen molar-refractivity contribution in [3.05, 3.63) is 54.1 Å². The maximum absolute atomic E-state index is 9.55. The Labute approximate surface area is 194 Å². The van der Waals surface area contributed by atoms with Gasteiger partial charge in [-0.25, -0.2) is 9.50 Å². The second-order valence-electron chi connectivity index (χ2n) is 7.23. The number of aryl methyl sites for hydroxylation is 1. The molecular formula is C21H20Cl2N8O. The Bertz CT molecular complexity index is 1240. The number of rotatable bonds is 3. The van der Waals surface area contributed by atoms with Crippen molar-refractivity contribution < 1.29 is 3.84 Å². The lowest BCUT2D eigenvalue weighted by Crippen LogP contribution is -2.43. The minimum Gasteiger partial charge on any atom is -0.354 e. The van der Waals surface area contributed by atoms with Crippen LogP contribution in [0.5, 0.6) is 0 Å². The van der Waals surface area contributed by atoms with E-state index >= 15 is 0 Å². The van der Waals surface area contributed by atoms with E-state index in [1.54, 1.807) is 10.7 Å². The van der Waals surface area contributed by atoms with E-state index in [1.807, 2.05) is 31.5 Å². The van der Waals surface area contributed by atoms with Crippen molar-refractivity contribution in [2.45, 2.75) is 6.92 Å². The van der Waals surface area contributed by atoms with E-state index in [9.17, 15) is 5.26 Å². The molecule has 1 fully saturated rings. The van der Waals surface area contributed by atoms with Crippen LogP contribution in [0.25, 0.3) is 27.9 Å². The lowest BCUT2D eigenvalue weighted by molar-refractivity contribution is 0.585. The maximum atomic E-state index is 9.55. The first-order chi connectivity index (χ1) is 15.6. The fraction of sp³-hybridized carbons (Fsp3) is 0.238. The SMILES string of the molecule is Cc1cc(-c2cc(-c3ccc(N4CCNCC4)nc3)c3c(C#N)cnn3c2)[nH]n1.ClOCl. The van der Waals surface area contributed by atoms with Gasteiger partial charge in [0.25, 0.3) is 0 Å². The Morgan fingerprint density at radius 2 is 1.91 bits per heavy atom. The number of nitrogens with zero attached hydrogens (tertiary/aromatic N) is 6. The zero-order chi connectivity index (χ0) is 22.5. The number of nitriles is 1. The van der Waals surface area contributed by atoms with Crippen LogP contribution in [0.1, 0.15) is 11.3 Å². The molecule has 0 unspecified atom stereocenters. The second kappa shape index (κ2) is 9.97. The van der Waals surface area contributed by atoms with Crippen LogP contribution in [-0.4, -0.2) is 51.0 Å². The molecule has 0 aliphatic carbocycles. The summed E-state index contributed by atoms with van der Waals surface area (Å²) in [6, 6.07) is 10.4. The van der Waals surface area contributed by atoms with Gasteiger partial charge in [0.15, 0.2) is 0 Å². The molecule has 5 heterocycles. The summed E-state index contributed by atoms with van der Waals surface area (Å²) in [5.41, 5.74) is 5.97. The van der Waals surface area contributed by atoms with Crippen LogP contribution in [0.3, 0.4) is 0 Å². The van der Waals surface area contributed by atoms with Crippen molar-refractivity contribution in [2.75, 3.05) is 31.1 Å². The van der Waals surface area contributed by atoms with Crippen molar-refractivity contribution in [1.82, 2.24) is 30.1 Å². The largest absolute Gasteiger partial charge is 0.354 e. The summed E-state index contributed by atoms with van der Waals surface area (Å²) < 4.78 is 4.95. The number of piperazine rings is 1. The van der Waals surface area contributed by atoms with Gasteiger partial charge in [-0.2, -0.15) is 19.3 Å². The first-order valence-corrected chi connectivity index (χ1v) is 10.5. The molecule has 1 aliphatic rings. The first kappa shape index (κ1) is 22.0. The molecule has 4 aromatic heterocycles. The molecule has 0 bridgehead atoms. The van der Waals surface area contributed by atoms with E-state index in [1.165, 1.54) is 0 Å². The van der Waals surface area contributed by atoms with Crippen LogP contribution < -0.4 is 10.2 Å². The monoisotopic (exact) mass is 470 g/mol. The lowest BCUT2D eigenvalue weighted by Gasteiger charge is -2.28. The summed E-state index contributed by atoms with van der Waals surface area (Å²) in [6.07, 6.45) is 5.39. The Balaban J connectivity index is 0.000000775. The zero-order valence-corrected chi connectivity index (χ0v) is 18.7. The number of fused-ring (bicyclic) bond motifs is 1. The average molecular weight is 471 g/mol. The number of pyridine rings is 2. The van der Waals surface area contributed by atoms with E-state index in [4.69, 9.17) is 4.98 Å². The van der Waals surface area contributed by atoms with Crippen molar-refractivity contribution in [3.63, 3.8) is 0 Å². The number of aromatic nitrogens is 5. The highest BCUT2D eigenvalue weighted by molar-refractivity contribution is 6.24. The third-order valence-corrected chi connectivity index (χ3v) is 5.25. The van der Waals surface area contributed by atoms with Crippen LogP contribution in [0.2, 0.25) is 0 Å². The minimum atomic E-state index is 0.540. The third-order valence-electron chi connectivity index (χ3n) is 5.25. The fourth-order valence-electron chi connectivity index (χ4n) is 3.77. The van der Waals surface area contributed by atoms with Gasteiger partial charge < -0.3 is 10.2 Å². The van der Waals surface area contributed by atoms with Gasteiger partial charge >= 0.3 is 0 Å². The molecule has 0 saturated carbocycles. The Morgan fingerprint density at radius 3 is 2.53 bits per heavy atom. The Hall–Kier alpha value is -3.16. The lowest BCUT2D eigenvalue weighted by atomic mass is 10.0. The highest BCUT2D eigenvalue weighted by atomic mass is 35.6. The van der Waals surface area contributed by atoms with Gasteiger partial charge in [0, 0.05) is 55.3 Å². The van der Waals surface area contributed by atoms with Crippen molar-refractivity contribution in [2.24, 2.45) is 0 Å². The normalized spacial score (nSPS) is 13.5. The van der Waals surface area contributed by atoms with Gasteiger partial charge in [-0.05, 0) is 31.2 Å². The topological polar surface area (TPSA) is 107 Å². The summed E-state index contributed by atoms with van der Waals surface area (Å²) >= 11 is 8.53. The van der Waals surface area contributed by atoms with Crippen LogP contribution in [0.4, 0.5) is 5.82 Å². The number of halogens is 2. The van der Waals surface area contributed by atoms with Crippen LogP contribution in [-0.2, 0) is 3.84 Å². The minimum absolute atomic E-state index is 0.540. The van der Waals surface area contributed by atoms with Crippen molar-refractivity contribution in [3.8, 4) is 28.5 Å². The molecule has 32 heavy (non-hydrogen) atoms. The zero-order valence-electron chi connectivity index (χ0n) is 17.2. The summed E-state index contributed by atoms with van der Waals surface area (Å²) in [5, 5.41) is 24.6. The third kappa shape index (κ3) is 4.54. The van der Waals surface area contributed by atoms with Crippen LogP contribution in [0.15, 0.2) is 42.9 Å². The number of nitrogens with one attached hydrogen (secondary N) is 2. The fourth-order valence-corrected chi connectivity index (χ4v) is 3.77. The maximum Gasteiger partial charge on any atom is 0.128 e. The van der Waals surface area contributed by atoms with Gasteiger partial charge in [0.05, 0.1) is 52.4 Å². The number of aromatic amines is 1. The molecule has 0 spiro atoms. The molecular weight excluding hydrogens is 451 g/mol. The molecule has 0 radical (unpaired) electrons. The van der Waals surface area contributed by atoms with Gasteiger partial charge in [-0.15, -0.1) is 0 Å². The second-order valence-corrected chi connectivity index (χ2v) is 7.70. The molecule has 5 rings (SSSR count). The van der Waals surface area contributed by atoms with Gasteiger partial charge in [0.2, 0.25) is 0 Å².